The molecule has 0 amide bonds. The lowest BCUT2D eigenvalue weighted by atomic mass is 10.2. The molecule has 0 aliphatic carbocycles. The maximum atomic E-state index is 13.1. The van der Waals surface area contributed by atoms with Crippen LogP contribution in [0.15, 0.2) is 23.1 Å². The highest BCUT2D eigenvalue weighted by Crippen LogP contribution is 2.17. The normalized spacial score (nSPS) is 11.4. The summed E-state index contributed by atoms with van der Waals surface area (Å²) in [5, 5.41) is 8.43. The molecular formula is C10H11FN2O2S. The van der Waals surface area contributed by atoms with Crippen LogP contribution >= 0.6 is 0 Å². The quantitative estimate of drug-likeness (QED) is 0.750. The average molecular weight is 242 g/mol. The molecular weight excluding hydrogens is 231 g/mol. The second kappa shape index (κ2) is 4.60. The fourth-order valence-electron chi connectivity index (χ4n) is 1.22. The maximum Gasteiger partial charge on any atom is 0.243 e. The summed E-state index contributed by atoms with van der Waals surface area (Å²) in [5.41, 5.74) is 0.518. The molecule has 1 rings (SSSR count). The van der Waals surface area contributed by atoms with E-state index in [0.717, 1.165) is 10.4 Å². The van der Waals surface area contributed by atoms with E-state index in [9.17, 15) is 12.8 Å². The predicted octanol–water partition coefficient (Wildman–Crippen LogP) is 1.28. The number of rotatable bonds is 3. The summed E-state index contributed by atoms with van der Waals surface area (Å²) in [4.78, 5) is -0.136. The number of nitrogens with zero attached hydrogens (tertiary/aromatic N) is 2. The van der Waals surface area contributed by atoms with Gasteiger partial charge in [-0.2, -0.15) is 9.57 Å². The van der Waals surface area contributed by atoms with Gasteiger partial charge in [-0.3, -0.25) is 0 Å². The highest BCUT2D eigenvalue weighted by Gasteiger charge is 2.21. The van der Waals surface area contributed by atoms with Gasteiger partial charge in [0, 0.05) is 7.05 Å². The first-order valence-corrected chi connectivity index (χ1v) is 5.92. The summed E-state index contributed by atoms with van der Waals surface area (Å²) in [5.74, 6) is -0.607. The Hall–Kier alpha value is -1.45. The second-order valence-electron chi connectivity index (χ2n) is 3.38. The Kier molecular flexibility index (Phi) is 3.62. The predicted molar refractivity (Wildman–Crippen MR) is 56.6 cm³/mol. The van der Waals surface area contributed by atoms with Crippen molar-refractivity contribution < 1.29 is 12.8 Å². The van der Waals surface area contributed by atoms with Crippen LogP contribution in [-0.4, -0.2) is 26.3 Å². The van der Waals surface area contributed by atoms with Gasteiger partial charge in [-0.1, -0.05) is 0 Å². The number of halogens is 1. The maximum absolute atomic E-state index is 13.1. The Labute approximate surface area is 94.0 Å². The molecule has 1 aromatic rings. The molecule has 6 heteroatoms. The van der Waals surface area contributed by atoms with Crippen molar-refractivity contribution >= 4 is 10.0 Å². The minimum absolute atomic E-state index is 0.136. The molecule has 0 heterocycles. The number of nitriles is 1. The lowest BCUT2D eigenvalue weighted by Crippen LogP contribution is -2.27. The fourth-order valence-corrected chi connectivity index (χ4v) is 2.40. The van der Waals surface area contributed by atoms with Gasteiger partial charge in [-0.05, 0) is 30.7 Å². The third-order valence-corrected chi connectivity index (χ3v) is 3.80. The van der Waals surface area contributed by atoms with Gasteiger partial charge in [0.05, 0.1) is 11.0 Å². The van der Waals surface area contributed by atoms with Gasteiger partial charge >= 0.3 is 0 Å². The fraction of sp³-hybridized carbons (Fsp3) is 0.300. The van der Waals surface area contributed by atoms with Crippen LogP contribution in [0.25, 0.3) is 0 Å². The van der Waals surface area contributed by atoms with Crippen LogP contribution in [0.1, 0.15) is 5.56 Å². The minimum atomic E-state index is -3.78. The number of benzene rings is 1. The third kappa shape index (κ3) is 2.56. The molecule has 0 fully saturated rings. The molecule has 4 nitrogen and oxygen atoms in total. The Balaban J connectivity index is 3.23. The van der Waals surface area contributed by atoms with Gasteiger partial charge in [0.1, 0.15) is 12.4 Å². The van der Waals surface area contributed by atoms with Crippen molar-refractivity contribution in [1.29, 1.82) is 5.26 Å². The van der Waals surface area contributed by atoms with Crippen LogP contribution in [0.3, 0.4) is 0 Å². The van der Waals surface area contributed by atoms with Crippen LogP contribution in [-0.2, 0) is 10.0 Å². The largest absolute Gasteiger partial charge is 0.243 e. The first kappa shape index (κ1) is 12.6. The van der Waals surface area contributed by atoms with Gasteiger partial charge in [-0.25, -0.2) is 12.8 Å². The van der Waals surface area contributed by atoms with Crippen molar-refractivity contribution in [1.82, 2.24) is 4.31 Å². The summed E-state index contributed by atoms with van der Waals surface area (Å²) in [6.45, 7) is 1.34. The lowest BCUT2D eigenvalue weighted by molar-refractivity contribution is 0.500. The first-order valence-electron chi connectivity index (χ1n) is 4.48. The van der Waals surface area contributed by atoms with Crippen LogP contribution in [0, 0.1) is 24.1 Å². The van der Waals surface area contributed by atoms with Gasteiger partial charge in [0.15, 0.2) is 0 Å². The summed E-state index contributed by atoms with van der Waals surface area (Å²) in [6, 6.07) is 5.27. The van der Waals surface area contributed by atoms with Crippen molar-refractivity contribution in [3.05, 3.63) is 29.6 Å². The highest BCUT2D eigenvalue weighted by molar-refractivity contribution is 7.89. The van der Waals surface area contributed by atoms with Crippen molar-refractivity contribution in [2.45, 2.75) is 11.8 Å². The molecule has 0 bridgehead atoms. The molecule has 0 saturated carbocycles. The summed E-state index contributed by atoms with van der Waals surface area (Å²) < 4.78 is 37.6. The van der Waals surface area contributed by atoms with Crippen LogP contribution < -0.4 is 0 Å². The minimum Gasteiger partial charge on any atom is -0.207 e. The number of hydrogen-bond acceptors (Lipinski definition) is 3. The molecule has 0 spiro atoms. The topological polar surface area (TPSA) is 61.2 Å². The van der Waals surface area contributed by atoms with E-state index in [-0.39, 0.29) is 11.4 Å². The summed E-state index contributed by atoms with van der Waals surface area (Å²) in [6.07, 6.45) is 0. The molecule has 0 radical (unpaired) electrons. The number of sulfonamides is 1. The van der Waals surface area contributed by atoms with E-state index in [1.54, 1.807) is 13.0 Å². The zero-order valence-corrected chi connectivity index (χ0v) is 9.75. The average Bonchev–Trinajstić information content (AvgIpc) is 2.16. The lowest BCUT2D eigenvalue weighted by Gasteiger charge is -2.13. The van der Waals surface area contributed by atoms with Gasteiger partial charge < -0.3 is 0 Å². The molecule has 0 aromatic heterocycles. The smallest absolute Gasteiger partial charge is 0.207 e. The van der Waals surface area contributed by atoms with E-state index in [4.69, 9.17) is 5.26 Å². The molecule has 86 valence electrons. The molecule has 0 unspecified atom stereocenters. The van der Waals surface area contributed by atoms with Crippen molar-refractivity contribution in [2.75, 3.05) is 13.6 Å². The zero-order chi connectivity index (χ0) is 12.3. The molecule has 0 aliphatic rings. The molecule has 1 aromatic carbocycles. The molecule has 0 aliphatic heterocycles. The molecule has 0 atom stereocenters. The van der Waals surface area contributed by atoms with E-state index in [1.165, 1.54) is 19.2 Å². The van der Waals surface area contributed by atoms with Crippen LogP contribution in [0.2, 0.25) is 0 Å². The molecule has 16 heavy (non-hydrogen) atoms. The van der Waals surface area contributed by atoms with Gasteiger partial charge in [0.25, 0.3) is 0 Å². The van der Waals surface area contributed by atoms with E-state index >= 15 is 0 Å². The van der Waals surface area contributed by atoms with Gasteiger partial charge in [-0.15, -0.1) is 0 Å². The first-order chi connectivity index (χ1) is 7.37. The third-order valence-electron chi connectivity index (χ3n) is 2.02. The van der Waals surface area contributed by atoms with Crippen LogP contribution in [0.5, 0.6) is 0 Å². The number of hydrogen-bond donors (Lipinski definition) is 0. The van der Waals surface area contributed by atoms with Crippen molar-refractivity contribution in [2.24, 2.45) is 0 Å². The Bertz CT molecular complexity index is 514. The summed E-state index contributed by atoms with van der Waals surface area (Å²) in [7, 11) is -2.50. The standard InChI is InChI=1S/C10H11FN2O2S/c1-8-5-9(11)7-10(6-8)16(14,15)13(2)4-3-12/h5-7H,4H2,1-2H3. The van der Waals surface area contributed by atoms with Crippen LogP contribution in [0.4, 0.5) is 4.39 Å². The SMILES string of the molecule is Cc1cc(F)cc(S(=O)(=O)N(C)CC#N)c1. The zero-order valence-electron chi connectivity index (χ0n) is 8.94. The highest BCUT2D eigenvalue weighted by atomic mass is 32.2. The number of aryl methyl sites for hydroxylation is 1. The Morgan fingerprint density at radius 2 is 2.06 bits per heavy atom. The summed E-state index contributed by atoms with van der Waals surface area (Å²) >= 11 is 0. The Morgan fingerprint density at radius 3 is 2.56 bits per heavy atom. The van der Waals surface area contributed by atoms with E-state index < -0.39 is 15.8 Å². The Morgan fingerprint density at radius 1 is 1.44 bits per heavy atom. The van der Waals surface area contributed by atoms with E-state index in [2.05, 4.69) is 0 Å². The van der Waals surface area contributed by atoms with E-state index in [1.807, 2.05) is 0 Å². The van der Waals surface area contributed by atoms with E-state index in [0.29, 0.717) is 5.56 Å². The van der Waals surface area contributed by atoms with Crippen molar-refractivity contribution in [3.8, 4) is 6.07 Å². The van der Waals surface area contributed by atoms with Gasteiger partial charge in [0.2, 0.25) is 10.0 Å². The van der Waals surface area contributed by atoms with Crippen molar-refractivity contribution in [3.63, 3.8) is 0 Å². The second-order valence-corrected chi connectivity index (χ2v) is 5.43. The monoisotopic (exact) mass is 242 g/mol. The molecule has 0 N–H and O–H groups in total. The molecule has 0 saturated heterocycles.